The molecule has 0 aliphatic carbocycles. The van der Waals surface area contributed by atoms with Gasteiger partial charge in [0.1, 0.15) is 5.82 Å². The summed E-state index contributed by atoms with van der Waals surface area (Å²) in [7, 11) is 0. The van der Waals surface area contributed by atoms with Crippen LogP contribution in [0, 0.1) is 0 Å². The number of aromatic nitrogens is 2. The Bertz CT molecular complexity index is 583. The Morgan fingerprint density at radius 3 is 2.94 bits per heavy atom. The van der Waals surface area contributed by atoms with Gasteiger partial charge < -0.3 is 10.8 Å². The van der Waals surface area contributed by atoms with Crippen molar-refractivity contribution in [3.8, 4) is 0 Å². The average molecular weight is 281 g/mol. The number of anilines is 1. The van der Waals surface area contributed by atoms with Crippen LogP contribution in [0.15, 0.2) is 27.4 Å². The average Bonchev–Trinajstić information content (AvgIpc) is 2.79. The van der Waals surface area contributed by atoms with E-state index >= 15 is 0 Å². The number of hydrogen-bond acceptors (Lipinski definition) is 6. The molecule has 5 nitrogen and oxygen atoms in total. The van der Waals surface area contributed by atoms with Gasteiger partial charge in [-0.3, -0.25) is 0 Å². The van der Waals surface area contributed by atoms with E-state index in [0.717, 1.165) is 16.6 Å². The Kier molecular flexibility index (Phi) is 3.83. The summed E-state index contributed by atoms with van der Waals surface area (Å²) in [6.45, 7) is 1.98. The normalized spacial score (nSPS) is 10.5. The van der Waals surface area contributed by atoms with Gasteiger partial charge in [0.05, 0.1) is 5.56 Å². The number of benzene rings is 1. The van der Waals surface area contributed by atoms with Crippen LogP contribution >= 0.6 is 23.3 Å². The molecular weight excluding hydrogens is 270 g/mol. The molecule has 0 saturated carbocycles. The predicted molar refractivity (Wildman–Crippen MR) is 71.2 cm³/mol. The maximum atomic E-state index is 10.9. The molecule has 0 unspecified atom stereocenters. The second kappa shape index (κ2) is 5.36. The monoisotopic (exact) mass is 281 g/mol. The highest BCUT2D eigenvalue weighted by atomic mass is 32.2. The van der Waals surface area contributed by atoms with Crippen LogP contribution in [-0.4, -0.2) is 20.4 Å². The van der Waals surface area contributed by atoms with Crippen LogP contribution in [0.25, 0.3) is 0 Å². The van der Waals surface area contributed by atoms with Gasteiger partial charge in [-0.1, -0.05) is 18.7 Å². The molecule has 0 radical (unpaired) electrons. The van der Waals surface area contributed by atoms with E-state index in [-0.39, 0.29) is 5.56 Å². The largest absolute Gasteiger partial charge is 0.478 e. The molecule has 2 rings (SSSR count). The van der Waals surface area contributed by atoms with Crippen molar-refractivity contribution < 1.29 is 9.90 Å². The molecule has 0 aliphatic rings. The van der Waals surface area contributed by atoms with Crippen LogP contribution in [0.3, 0.4) is 0 Å². The summed E-state index contributed by atoms with van der Waals surface area (Å²) >= 11 is 2.63. The van der Waals surface area contributed by atoms with Crippen LogP contribution in [0.5, 0.6) is 0 Å². The fourth-order valence-corrected chi connectivity index (χ4v) is 3.01. The number of nitrogens with two attached hydrogens (primary N) is 1. The van der Waals surface area contributed by atoms with E-state index < -0.39 is 5.97 Å². The molecule has 7 heteroatoms. The highest BCUT2D eigenvalue weighted by molar-refractivity contribution is 8.01. The minimum Gasteiger partial charge on any atom is -0.478 e. The van der Waals surface area contributed by atoms with Crippen molar-refractivity contribution in [2.45, 2.75) is 22.6 Å². The molecule has 0 fully saturated rings. The SMILES string of the molecule is CCc1nsc(Sc2cc(C(=O)O)ccc2N)n1. The number of nitrogen functional groups attached to an aromatic ring is 1. The summed E-state index contributed by atoms with van der Waals surface area (Å²) in [5.74, 6) is -0.182. The topological polar surface area (TPSA) is 89.1 Å². The maximum Gasteiger partial charge on any atom is 0.335 e. The van der Waals surface area contributed by atoms with E-state index in [9.17, 15) is 4.79 Å². The van der Waals surface area contributed by atoms with Gasteiger partial charge in [-0.25, -0.2) is 9.78 Å². The number of carbonyl (C=O) groups is 1. The number of aromatic carboxylic acids is 1. The van der Waals surface area contributed by atoms with E-state index in [0.29, 0.717) is 10.6 Å². The van der Waals surface area contributed by atoms with Gasteiger partial charge in [-0.2, -0.15) is 4.37 Å². The third-order valence-corrected chi connectivity index (χ3v) is 4.09. The fraction of sp³-hybridized carbons (Fsp3) is 0.182. The van der Waals surface area contributed by atoms with Crippen molar-refractivity contribution in [1.82, 2.24) is 9.36 Å². The Labute approximate surface area is 112 Å². The second-order valence-corrected chi connectivity index (χ2v) is 5.53. The molecule has 0 atom stereocenters. The van der Waals surface area contributed by atoms with Gasteiger partial charge in [0.15, 0.2) is 4.34 Å². The van der Waals surface area contributed by atoms with Crippen molar-refractivity contribution in [2.75, 3.05) is 5.73 Å². The Hall–Kier alpha value is -1.60. The standard InChI is InChI=1S/C11H11N3O2S2/c1-2-9-13-11(18-14-9)17-8-5-6(10(15)16)3-4-7(8)12/h3-5H,2,12H2,1H3,(H,15,16). The molecule has 0 amide bonds. The summed E-state index contributed by atoms with van der Waals surface area (Å²) in [5.41, 5.74) is 6.57. The lowest BCUT2D eigenvalue weighted by molar-refractivity contribution is 0.0696. The van der Waals surface area contributed by atoms with Gasteiger partial charge >= 0.3 is 5.97 Å². The van der Waals surface area contributed by atoms with Crippen molar-refractivity contribution >= 4 is 35.0 Å². The number of carboxylic acids is 1. The molecule has 1 aromatic carbocycles. The molecule has 18 heavy (non-hydrogen) atoms. The number of aryl methyl sites for hydroxylation is 1. The first-order chi connectivity index (χ1) is 8.60. The van der Waals surface area contributed by atoms with Crippen LogP contribution in [0.4, 0.5) is 5.69 Å². The van der Waals surface area contributed by atoms with Gasteiger partial charge in [0.25, 0.3) is 0 Å². The molecule has 0 aliphatic heterocycles. The van der Waals surface area contributed by atoms with Gasteiger partial charge in [0.2, 0.25) is 0 Å². The maximum absolute atomic E-state index is 10.9. The Morgan fingerprint density at radius 1 is 1.56 bits per heavy atom. The third-order valence-electron chi connectivity index (χ3n) is 2.22. The van der Waals surface area contributed by atoms with Crippen LogP contribution in [-0.2, 0) is 6.42 Å². The van der Waals surface area contributed by atoms with Crippen molar-refractivity contribution in [1.29, 1.82) is 0 Å². The summed E-state index contributed by atoms with van der Waals surface area (Å²) in [5, 5.41) is 8.93. The van der Waals surface area contributed by atoms with Crippen LogP contribution < -0.4 is 5.73 Å². The minimum atomic E-state index is -0.969. The number of rotatable bonds is 4. The lowest BCUT2D eigenvalue weighted by Crippen LogP contribution is -1.98. The van der Waals surface area contributed by atoms with Gasteiger partial charge in [-0.05, 0) is 29.7 Å². The molecule has 1 heterocycles. The highest BCUT2D eigenvalue weighted by Gasteiger charge is 2.10. The molecular formula is C11H11N3O2S2. The number of hydrogen-bond donors (Lipinski definition) is 2. The van der Waals surface area contributed by atoms with E-state index in [2.05, 4.69) is 9.36 Å². The van der Waals surface area contributed by atoms with Gasteiger partial charge in [0, 0.05) is 17.0 Å². The van der Waals surface area contributed by atoms with E-state index in [1.54, 1.807) is 12.1 Å². The van der Waals surface area contributed by atoms with Crippen molar-refractivity contribution in [3.05, 3.63) is 29.6 Å². The van der Waals surface area contributed by atoms with E-state index in [1.165, 1.54) is 29.4 Å². The molecule has 0 bridgehead atoms. The zero-order valence-electron chi connectivity index (χ0n) is 9.58. The quantitative estimate of drug-likeness (QED) is 0.837. The first-order valence-corrected chi connectivity index (χ1v) is 6.82. The van der Waals surface area contributed by atoms with E-state index in [4.69, 9.17) is 10.8 Å². The lowest BCUT2D eigenvalue weighted by atomic mass is 10.2. The first-order valence-electron chi connectivity index (χ1n) is 5.23. The van der Waals surface area contributed by atoms with Crippen molar-refractivity contribution in [3.63, 3.8) is 0 Å². The molecule has 2 aromatic rings. The Morgan fingerprint density at radius 2 is 2.33 bits per heavy atom. The molecule has 0 spiro atoms. The second-order valence-electron chi connectivity index (χ2n) is 3.49. The van der Waals surface area contributed by atoms with Crippen molar-refractivity contribution in [2.24, 2.45) is 0 Å². The lowest BCUT2D eigenvalue weighted by Gasteiger charge is -2.03. The first kappa shape index (κ1) is 12.8. The zero-order chi connectivity index (χ0) is 13.1. The fourth-order valence-electron chi connectivity index (χ4n) is 1.27. The van der Waals surface area contributed by atoms with Crippen LogP contribution in [0.1, 0.15) is 23.1 Å². The minimum absolute atomic E-state index is 0.215. The van der Waals surface area contributed by atoms with E-state index in [1.807, 2.05) is 6.92 Å². The Balaban J connectivity index is 2.27. The summed E-state index contributed by atoms with van der Waals surface area (Å²) < 4.78 is 4.94. The predicted octanol–water partition coefficient (Wildman–Crippen LogP) is 2.53. The molecule has 3 N–H and O–H groups in total. The van der Waals surface area contributed by atoms with Gasteiger partial charge in [-0.15, -0.1) is 0 Å². The smallest absolute Gasteiger partial charge is 0.335 e. The molecule has 0 saturated heterocycles. The number of nitrogens with zero attached hydrogens (tertiary/aromatic N) is 2. The molecule has 1 aromatic heterocycles. The number of carboxylic acid groups (broad SMARTS) is 1. The summed E-state index contributed by atoms with van der Waals surface area (Å²) in [6.07, 6.45) is 0.779. The highest BCUT2D eigenvalue weighted by Crippen LogP contribution is 2.33. The summed E-state index contributed by atoms with van der Waals surface area (Å²) in [4.78, 5) is 15.9. The third kappa shape index (κ3) is 2.80. The molecule has 94 valence electrons. The van der Waals surface area contributed by atoms with Crippen LogP contribution in [0.2, 0.25) is 0 Å². The zero-order valence-corrected chi connectivity index (χ0v) is 11.2. The summed E-state index contributed by atoms with van der Waals surface area (Å²) in [6, 6.07) is 4.63.